The van der Waals surface area contributed by atoms with Crippen LogP contribution in [0.25, 0.3) is 0 Å². The fraction of sp³-hybridized carbons (Fsp3) is 0.909. The lowest BCUT2D eigenvalue weighted by molar-refractivity contribution is 0.292. The summed E-state index contributed by atoms with van der Waals surface area (Å²) >= 11 is 0. The summed E-state index contributed by atoms with van der Waals surface area (Å²) in [5, 5.41) is 12.4. The zero-order valence-corrected chi connectivity index (χ0v) is 10.2. The van der Waals surface area contributed by atoms with Gasteiger partial charge in [-0.25, -0.2) is 8.42 Å². The predicted octanol–water partition coefficient (Wildman–Crippen LogP) is 0.845. The van der Waals surface area contributed by atoms with Gasteiger partial charge in [0.05, 0.1) is 23.5 Å². The zero-order valence-electron chi connectivity index (χ0n) is 9.35. The first-order chi connectivity index (χ1) is 7.61. The molecule has 1 saturated heterocycles. The van der Waals surface area contributed by atoms with Crippen molar-refractivity contribution >= 4 is 9.84 Å². The molecule has 1 aliphatic heterocycles. The Kier molecular flexibility index (Phi) is 3.50. The second-order valence-corrected chi connectivity index (χ2v) is 7.12. The van der Waals surface area contributed by atoms with Crippen LogP contribution in [0.2, 0.25) is 0 Å². The van der Waals surface area contributed by atoms with Gasteiger partial charge in [-0.1, -0.05) is 12.8 Å². The van der Waals surface area contributed by atoms with Crippen molar-refractivity contribution in [3.63, 3.8) is 0 Å². The van der Waals surface area contributed by atoms with E-state index in [0.717, 1.165) is 25.7 Å². The van der Waals surface area contributed by atoms with Gasteiger partial charge in [0.1, 0.15) is 0 Å². The third-order valence-electron chi connectivity index (χ3n) is 3.61. The van der Waals surface area contributed by atoms with Gasteiger partial charge in [-0.05, 0) is 19.3 Å². The Balaban J connectivity index is 1.92. The van der Waals surface area contributed by atoms with Crippen LogP contribution in [-0.4, -0.2) is 32.0 Å². The second-order valence-electron chi connectivity index (χ2n) is 4.89. The van der Waals surface area contributed by atoms with Crippen LogP contribution in [-0.2, 0) is 9.84 Å². The van der Waals surface area contributed by atoms with Gasteiger partial charge in [-0.3, -0.25) is 0 Å². The maximum atomic E-state index is 11.3. The minimum atomic E-state index is -2.82. The van der Waals surface area contributed by atoms with E-state index in [4.69, 9.17) is 5.26 Å². The number of rotatable bonds is 2. The predicted molar refractivity (Wildman–Crippen MR) is 61.6 cm³/mol. The van der Waals surface area contributed by atoms with Crippen molar-refractivity contribution in [1.29, 1.82) is 5.26 Å². The molecule has 4 nitrogen and oxygen atoms in total. The van der Waals surface area contributed by atoms with Gasteiger partial charge in [0.15, 0.2) is 9.84 Å². The monoisotopic (exact) mass is 242 g/mol. The number of nitriles is 1. The molecule has 1 N–H and O–H groups in total. The molecule has 0 aromatic heterocycles. The van der Waals surface area contributed by atoms with Crippen LogP contribution in [0.3, 0.4) is 0 Å². The molecule has 3 atom stereocenters. The molecule has 1 heterocycles. The summed E-state index contributed by atoms with van der Waals surface area (Å²) in [5.74, 6) is 0.619. The van der Waals surface area contributed by atoms with Crippen molar-refractivity contribution in [3.8, 4) is 6.07 Å². The molecule has 0 bridgehead atoms. The van der Waals surface area contributed by atoms with Crippen molar-refractivity contribution in [2.24, 2.45) is 5.92 Å². The van der Waals surface area contributed by atoms with Crippen LogP contribution in [0.4, 0.5) is 0 Å². The van der Waals surface area contributed by atoms with Gasteiger partial charge in [0.2, 0.25) is 0 Å². The third kappa shape index (κ3) is 2.74. The summed E-state index contributed by atoms with van der Waals surface area (Å²) < 4.78 is 22.7. The molecular weight excluding hydrogens is 224 g/mol. The minimum absolute atomic E-state index is 0.0667. The maximum absolute atomic E-state index is 11.3. The molecular formula is C11H18N2O2S. The molecule has 2 fully saturated rings. The van der Waals surface area contributed by atoms with Gasteiger partial charge in [0.25, 0.3) is 0 Å². The molecule has 1 saturated carbocycles. The molecule has 90 valence electrons. The lowest BCUT2D eigenvalue weighted by Gasteiger charge is -2.30. The van der Waals surface area contributed by atoms with Crippen LogP contribution in [0.1, 0.15) is 32.1 Å². The molecule has 0 aromatic carbocycles. The average Bonchev–Trinajstić information content (AvgIpc) is 2.59. The molecule has 0 aromatic rings. The summed E-state index contributed by atoms with van der Waals surface area (Å²) in [5.41, 5.74) is 0. The Labute approximate surface area is 96.9 Å². The average molecular weight is 242 g/mol. The Bertz CT molecular complexity index is 385. The molecule has 0 spiro atoms. The van der Waals surface area contributed by atoms with E-state index >= 15 is 0 Å². The summed E-state index contributed by atoms with van der Waals surface area (Å²) in [7, 11) is -2.82. The van der Waals surface area contributed by atoms with Gasteiger partial charge < -0.3 is 5.32 Å². The lowest BCUT2D eigenvalue weighted by Crippen LogP contribution is -2.44. The number of hydrogen-bond acceptors (Lipinski definition) is 4. The molecule has 5 heteroatoms. The lowest BCUT2D eigenvalue weighted by atomic mass is 9.85. The maximum Gasteiger partial charge on any atom is 0.151 e. The highest BCUT2D eigenvalue weighted by molar-refractivity contribution is 7.91. The fourth-order valence-electron chi connectivity index (χ4n) is 2.71. The number of hydrogen-bond donors (Lipinski definition) is 1. The number of nitrogens with one attached hydrogen (secondary N) is 1. The molecule has 2 rings (SSSR count). The van der Waals surface area contributed by atoms with Gasteiger partial charge in [0, 0.05) is 12.1 Å². The first-order valence-electron chi connectivity index (χ1n) is 5.97. The van der Waals surface area contributed by atoms with E-state index in [1.807, 2.05) is 0 Å². The van der Waals surface area contributed by atoms with Crippen LogP contribution >= 0.6 is 0 Å². The Morgan fingerprint density at radius 3 is 2.56 bits per heavy atom. The van der Waals surface area contributed by atoms with E-state index in [-0.39, 0.29) is 23.8 Å². The largest absolute Gasteiger partial charge is 0.309 e. The van der Waals surface area contributed by atoms with Gasteiger partial charge in [-0.15, -0.1) is 0 Å². The van der Waals surface area contributed by atoms with Crippen molar-refractivity contribution in [1.82, 2.24) is 5.32 Å². The molecule has 16 heavy (non-hydrogen) atoms. The Morgan fingerprint density at radius 1 is 1.19 bits per heavy atom. The summed E-state index contributed by atoms with van der Waals surface area (Å²) in [4.78, 5) is 0. The van der Waals surface area contributed by atoms with Crippen LogP contribution in [0.15, 0.2) is 0 Å². The second kappa shape index (κ2) is 4.72. The quantitative estimate of drug-likeness (QED) is 0.779. The number of sulfone groups is 1. The normalized spacial score (nSPS) is 38.1. The fourth-order valence-corrected chi connectivity index (χ4v) is 4.40. The molecule has 3 unspecified atom stereocenters. The zero-order chi connectivity index (χ0) is 11.6. The molecule has 0 amide bonds. The smallest absolute Gasteiger partial charge is 0.151 e. The van der Waals surface area contributed by atoms with Crippen molar-refractivity contribution < 1.29 is 8.42 Å². The Hall–Kier alpha value is -0.600. The number of nitrogens with zero attached hydrogens (tertiary/aromatic N) is 1. The van der Waals surface area contributed by atoms with E-state index in [2.05, 4.69) is 11.4 Å². The third-order valence-corrected chi connectivity index (χ3v) is 5.38. The van der Waals surface area contributed by atoms with Crippen LogP contribution < -0.4 is 5.32 Å². The topological polar surface area (TPSA) is 70.0 Å². The highest BCUT2D eigenvalue weighted by Gasteiger charge is 2.32. The van der Waals surface area contributed by atoms with Crippen molar-refractivity contribution in [2.45, 2.75) is 44.2 Å². The molecule has 0 radical (unpaired) electrons. The van der Waals surface area contributed by atoms with E-state index in [1.165, 1.54) is 0 Å². The highest BCUT2D eigenvalue weighted by atomic mass is 32.2. The SMILES string of the molecule is N#CC1CCCCC1NC1CCS(=O)(=O)C1. The van der Waals surface area contributed by atoms with Crippen molar-refractivity contribution in [3.05, 3.63) is 0 Å². The van der Waals surface area contributed by atoms with Crippen LogP contribution in [0.5, 0.6) is 0 Å². The van der Waals surface area contributed by atoms with E-state index in [1.54, 1.807) is 0 Å². The molecule has 1 aliphatic carbocycles. The molecule has 2 aliphatic rings. The minimum Gasteiger partial charge on any atom is -0.309 e. The Morgan fingerprint density at radius 2 is 1.94 bits per heavy atom. The first kappa shape index (κ1) is 11.9. The summed E-state index contributed by atoms with van der Waals surface area (Å²) in [6.07, 6.45) is 4.94. The van der Waals surface area contributed by atoms with Crippen LogP contribution in [0, 0.1) is 17.2 Å². The standard InChI is InChI=1S/C11H18N2O2S/c12-7-9-3-1-2-4-11(9)13-10-5-6-16(14,15)8-10/h9-11,13H,1-6,8H2. The van der Waals surface area contributed by atoms with E-state index in [9.17, 15) is 8.42 Å². The van der Waals surface area contributed by atoms with Gasteiger partial charge in [-0.2, -0.15) is 5.26 Å². The highest BCUT2D eigenvalue weighted by Crippen LogP contribution is 2.25. The van der Waals surface area contributed by atoms with Gasteiger partial charge >= 0.3 is 0 Å². The first-order valence-corrected chi connectivity index (χ1v) is 7.79. The van der Waals surface area contributed by atoms with E-state index < -0.39 is 9.84 Å². The summed E-state index contributed by atoms with van der Waals surface area (Å²) in [6, 6.07) is 2.62. The summed E-state index contributed by atoms with van der Waals surface area (Å²) in [6.45, 7) is 0. The van der Waals surface area contributed by atoms with E-state index in [0.29, 0.717) is 12.2 Å². The van der Waals surface area contributed by atoms with Crippen molar-refractivity contribution in [2.75, 3.05) is 11.5 Å².